The minimum absolute atomic E-state index is 0.0570. The van der Waals surface area contributed by atoms with Gasteiger partial charge in [-0.15, -0.1) is 0 Å². The standard InChI is InChI=1S/C27H26N4O5S/c1-3-36-23-15-8-7-14-21(23)30-24(32)17-22(26(34)28-19-12-9-13-20(16-19)35-2)31(27(30)37)29-25(33)18-10-5-4-6-11-18/h4-16,22H,3,17H2,1-2H3,(H,28,34)(H,29,33). The Bertz CT molecular complexity index is 1320. The molecule has 4 rings (SSSR count). The molecular weight excluding hydrogens is 492 g/mol. The van der Waals surface area contributed by atoms with E-state index in [-0.39, 0.29) is 11.5 Å². The zero-order valence-electron chi connectivity index (χ0n) is 20.3. The number of hydrogen-bond acceptors (Lipinski definition) is 6. The Balaban J connectivity index is 1.67. The normalized spacial score (nSPS) is 15.2. The highest BCUT2D eigenvalue weighted by Crippen LogP contribution is 2.32. The van der Waals surface area contributed by atoms with Gasteiger partial charge in [0.15, 0.2) is 0 Å². The number of amides is 3. The molecule has 37 heavy (non-hydrogen) atoms. The van der Waals surface area contributed by atoms with E-state index in [1.54, 1.807) is 78.9 Å². The van der Waals surface area contributed by atoms with E-state index in [1.165, 1.54) is 17.0 Å². The first-order valence-electron chi connectivity index (χ1n) is 11.6. The number of anilines is 2. The van der Waals surface area contributed by atoms with Gasteiger partial charge in [0.1, 0.15) is 17.5 Å². The molecule has 3 amide bonds. The quantitative estimate of drug-likeness (QED) is 0.438. The summed E-state index contributed by atoms with van der Waals surface area (Å²) in [5, 5.41) is 3.99. The average Bonchev–Trinajstić information content (AvgIpc) is 2.91. The lowest BCUT2D eigenvalue weighted by Gasteiger charge is -2.41. The Morgan fingerprint density at radius 1 is 1.03 bits per heavy atom. The van der Waals surface area contributed by atoms with Crippen LogP contribution in [0.25, 0.3) is 0 Å². The lowest BCUT2D eigenvalue weighted by atomic mass is 10.1. The van der Waals surface area contributed by atoms with Crippen LogP contribution >= 0.6 is 12.2 Å². The van der Waals surface area contributed by atoms with Crippen molar-refractivity contribution in [3.63, 3.8) is 0 Å². The van der Waals surface area contributed by atoms with Gasteiger partial charge in [0.05, 0.1) is 25.8 Å². The number of benzene rings is 3. The van der Waals surface area contributed by atoms with Crippen molar-refractivity contribution in [3.05, 3.63) is 84.4 Å². The minimum Gasteiger partial charge on any atom is -0.497 e. The number of hydrazine groups is 1. The zero-order chi connectivity index (χ0) is 26.4. The third-order valence-electron chi connectivity index (χ3n) is 5.63. The highest BCUT2D eigenvalue weighted by Gasteiger charge is 2.42. The van der Waals surface area contributed by atoms with Crippen molar-refractivity contribution in [2.75, 3.05) is 23.9 Å². The maximum atomic E-state index is 13.4. The summed E-state index contributed by atoms with van der Waals surface area (Å²) in [6, 6.07) is 21.2. The Labute approximate surface area is 219 Å². The maximum absolute atomic E-state index is 13.4. The fraction of sp³-hybridized carbons (Fsp3) is 0.185. The van der Waals surface area contributed by atoms with Crippen LogP contribution in [0.3, 0.4) is 0 Å². The smallest absolute Gasteiger partial charge is 0.269 e. The fourth-order valence-corrected chi connectivity index (χ4v) is 4.25. The van der Waals surface area contributed by atoms with Gasteiger partial charge in [-0.1, -0.05) is 36.4 Å². The Morgan fingerprint density at radius 3 is 2.49 bits per heavy atom. The molecule has 0 bridgehead atoms. The average molecular weight is 519 g/mol. The van der Waals surface area contributed by atoms with Crippen LogP contribution in [0, 0.1) is 0 Å². The first-order chi connectivity index (χ1) is 17.9. The van der Waals surface area contributed by atoms with Crippen LogP contribution in [0.1, 0.15) is 23.7 Å². The first-order valence-corrected chi connectivity index (χ1v) is 12.0. The van der Waals surface area contributed by atoms with Crippen molar-refractivity contribution >= 4 is 46.4 Å². The van der Waals surface area contributed by atoms with E-state index in [9.17, 15) is 14.4 Å². The molecule has 10 heteroatoms. The SMILES string of the molecule is CCOc1ccccc1N1C(=O)CC(C(=O)Nc2cccc(OC)c2)N(NC(=O)c2ccccc2)C1=S. The molecule has 0 radical (unpaired) electrons. The summed E-state index contributed by atoms with van der Waals surface area (Å²) in [7, 11) is 1.52. The van der Waals surface area contributed by atoms with Crippen molar-refractivity contribution in [2.24, 2.45) is 0 Å². The Morgan fingerprint density at radius 2 is 1.76 bits per heavy atom. The molecule has 0 aliphatic carbocycles. The molecule has 3 aromatic carbocycles. The number of carbonyl (C=O) groups is 3. The molecule has 2 N–H and O–H groups in total. The molecule has 9 nitrogen and oxygen atoms in total. The van der Waals surface area contributed by atoms with Gasteiger partial charge < -0.3 is 14.8 Å². The predicted octanol–water partition coefficient (Wildman–Crippen LogP) is 3.77. The summed E-state index contributed by atoms with van der Waals surface area (Å²) in [6.07, 6.45) is -0.245. The van der Waals surface area contributed by atoms with Crippen LogP contribution in [0.15, 0.2) is 78.9 Å². The number of carbonyl (C=O) groups excluding carboxylic acids is 3. The van der Waals surface area contributed by atoms with Gasteiger partial charge in [-0.2, -0.15) is 0 Å². The van der Waals surface area contributed by atoms with Gasteiger partial charge >= 0.3 is 0 Å². The minimum atomic E-state index is -1.10. The number of methoxy groups -OCH3 is 1. The molecule has 3 aromatic rings. The maximum Gasteiger partial charge on any atom is 0.269 e. The van der Waals surface area contributed by atoms with Crippen molar-refractivity contribution in [1.29, 1.82) is 0 Å². The van der Waals surface area contributed by atoms with E-state index < -0.39 is 23.8 Å². The van der Waals surface area contributed by atoms with Crippen molar-refractivity contribution < 1.29 is 23.9 Å². The van der Waals surface area contributed by atoms with Gasteiger partial charge in [-0.05, 0) is 55.5 Å². The summed E-state index contributed by atoms with van der Waals surface area (Å²) >= 11 is 5.68. The van der Waals surface area contributed by atoms with Crippen molar-refractivity contribution in [2.45, 2.75) is 19.4 Å². The van der Waals surface area contributed by atoms with E-state index in [4.69, 9.17) is 21.7 Å². The molecule has 1 fully saturated rings. The molecular formula is C27H26N4O5S. The monoisotopic (exact) mass is 518 g/mol. The number of nitrogens with one attached hydrogen (secondary N) is 2. The molecule has 0 aromatic heterocycles. The second kappa shape index (κ2) is 11.5. The number of hydrogen-bond donors (Lipinski definition) is 2. The van der Waals surface area contributed by atoms with E-state index >= 15 is 0 Å². The Kier molecular flexibility index (Phi) is 7.99. The number of para-hydroxylation sites is 2. The number of nitrogens with zero attached hydrogens (tertiary/aromatic N) is 2. The molecule has 1 unspecified atom stereocenters. The van der Waals surface area contributed by atoms with Crippen LogP contribution in [-0.2, 0) is 9.59 Å². The molecule has 1 saturated heterocycles. The summed E-state index contributed by atoms with van der Waals surface area (Å²) in [6.45, 7) is 2.21. The lowest BCUT2D eigenvalue weighted by molar-refractivity contribution is -0.127. The number of ether oxygens (including phenoxy) is 2. The lowest BCUT2D eigenvalue weighted by Crippen LogP contribution is -2.65. The molecule has 0 spiro atoms. The molecule has 1 aliphatic heterocycles. The van der Waals surface area contributed by atoms with Crippen LogP contribution in [-0.4, -0.2) is 47.6 Å². The first kappa shape index (κ1) is 25.6. The van der Waals surface area contributed by atoms with E-state index in [2.05, 4.69) is 10.7 Å². The van der Waals surface area contributed by atoms with Gasteiger partial charge in [0, 0.05) is 17.3 Å². The third-order valence-corrected chi connectivity index (χ3v) is 6.01. The molecule has 1 aliphatic rings. The van der Waals surface area contributed by atoms with Crippen molar-refractivity contribution in [3.8, 4) is 11.5 Å². The van der Waals surface area contributed by atoms with E-state index in [0.29, 0.717) is 35.0 Å². The highest BCUT2D eigenvalue weighted by molar-refractivity contribution is 7.80. The predicted molar refractivity (Wildman–Crippen MR) is 143 cm³/mol. The molecule has 1 heterocycles. The number of rotatable bonds is 8. The van der Waals surface area contributed by atoms with Gasteiger partial charge in [-0.3, -0.25) is 24.7 Å². The largest absolute Gasteiger partial charge is 0.497 e. The number of thiocarbonyl (C=S) groups is 1. The van der Waals surface area contributed by atoms with Crippen molar-refractivity contribution in [1.82, 2.24) is 10.4 Å². The van der Waals surface area contributed by atoms with Gasteiger partial charge in [-0.25, -0.2) is 5.01 Å². The van der Waals surface area contributed by atoms with Gasteiger partial charge in [0.25, 0.3) is 5.91 Å². The van der Waals surface area contributed by atoms with Crippen LogP contribution in [0.4, 0.5) is 11.4 Å². The summed E-state index contributed by atoms with van der Waals surface area (Å²) in [4.78, 5) is 41.1. The third kappa shape index (κ3) is 5.70. The highest BCUT2D eigenvalue weighted by atomic mass is 32.1. The topological polar surface area (TPSA) is 100 Å². The zero-order valence-corrected chi connectivity index (χ0v) is 21.2. The second-order valence-corrected chi connectivity index (χ2v) is 8.40. The van der Waals surface area contributed by atoms with E-state index in [0.717, 1.165) is 0 Å². The summed E-state index contributed by atoms with van der Waals surface area (Å²) < 4.78 is 10.9. The van der Waals surface area contributed by atoms with Crippen LogP contribution in [0.2, 0.25) is 0 Å². The van der Waals surface area contributed by atoms with Gasteiger partial charge in [0.2, 0.25) is 16.9 Å². The second-order valence-electron chi connectivity index (χ2n) is 8.03. The van der Waals surface area contributed by atoms with E-state index in [1.807, 2.05) is 6.92 Å². The summed E-state index contributed by atoms with van der Waals surface area (Å²) in [5.41, 5.74) is 3.99. The Hall–Kier alpha value is -4.44. The molecule has 0 saturated carbocycles. The van der Waals surface area contributed by atoms with Crippen LogP contribution < -0.4 is 25.1 Å². The fourth-order valence-electron chi connectivity index (χ4n) is 3.88. The van der Waals surface area contributed by atoms with Crippen LogP contribution in [0.5, 0.6) is 11.5 Å². The molecule has 190 valence electrons. The summed E-state index contributed by atoms with van der Waals surface area (Å²) in [5.74, 6) is -0.395. The molecule has 1 atom stereocenters.